The highest BCUT2D eigenvalue weighted by atomic mass is 16.5. The van der Waals surface area contributed by atoms with Crippen molar-refractivity contribution in [3.63, 3.8) is 0 Å². The van der Waals surface area contributed by atoms with E-state index in [1.165, 1.54) is 23.1 Å². The molecule has 25 heavy (non-hydrogen) atoms. The lowest BCUT2D eigenvalue weighted by molar-refractivity contribution is 0.102. The van der Waals surface area contributed by atoms with Gasteiger partial charge in [-0.15, -0.1) is 0 Å². The molecule has 1 aromatic heterocycles. The maximum Gasteiger partial charge on any atom is 0.256 e. The van der Waals surface area contributed by atoms with Gasteiger partial charge in [0.15, 0.2) is 5.82 Å². The van der Waals surface area contributed by atoms with Crippen molar-refractivity contribution in [2.75, 3.05) is 18.4 Å². The Morgan fingerprint density at radius 1 is 1.36 bits per heavy atom. The number of aryl methyl sites for hydroxylation is 1. The Balaban J connectivity index is 1.65. The Morgan fingerprint density at radius 2 is 2.24 bits per heavy atom. The topological polar surface area (TPSA) is 67.2 Å². The van der Waals surface area contributed by atoms with Crippen LogP contribution in [0.4, 0.5) is 5.82 Å². The fourth-order valence-corrected chi connectivity index (χ4v) is 3.91. The van der Waals surface area contributed by atoms with E-state index in [0.717, 1.165) is 19.5 Å². The number of rotatable bonds is 2. The zero-order chi connectivity index (χ0) is 17.4. The summed E-state index contributed by atoms with van der Waals surface area (Å²) in [6.45, 7) is 6.12. The molecule has 4 rings (SSSR count). The van der Waals surface area contributed by atoms with Crippen LogP contribution in [0.1, 0.15) is 52.9 Å². The van der Waals surface area contributed by atoms with Crippen LogP contribution in [-0.2, 0) is 0 Å². The lowest BCUT2D eigenvalue weighted by Crippen LogP contribution is -2.18. The molecule has 130 valence electrons. The summed E-state index contributed by atoms with van der Waals surface area (Å²) in [5, 5.41) is 10.1. The molecule has 5 heteroatoms. The second-order valence-corrected chi connectivity index (χ2v) is 7.14. The van der Waals surface area contributed by atoms with E-state index in [-0.39, 0.29) is 5.91 Å². The zero-order valence-corrected chi connectivity index (χ0v) is 14.6. The van der Waals surface area contributed by atoms with Crippen LogP contribution in [0.15, 0.2) is 34.4 Å². The largest absolute Gasteiger partial charge is 0.360 e. The number of amides is 1. The first-order valence-corrected chi connectivity index (χ1v) is 8.89. The van der Waals surface area contributed by atoms with E-state index in [9.17, 15) is 4.79 Å². The number of hydrogen-bond acceptors (Lipinski definition) is 4. The third kappa shape index (κ3) is 3.24. The van der Waals surface area contributed by atoms with Crippen molar-refractivity contribution in [2.45, 2.75) is 32.6 Å². The van der Waals surface area contributed by atoms with E-state index >= 15 is 0 Å². The van der Waals surface area contributed by atoms with Gasteiger partial charge in [-0.1, -0.05) is 29.8 Å². The average molecular weight is 337 g/mol. The third-order valence-electron chi connectivity index (χ3n) is 5.34. The summed E-state index contributed by atoms with van der Waals surface area (Å²) in [6, 6.07) is 7.72. The van der Waals surface area contributed by atoms with Crippen molar-refractivity contribution in [3.05, 3.63) is 52.3 Å². The molecule has 2 N–H and O–H groups in total. The molecule has 1 aromatic carbocycles. The molecule has 0 spiro atoms. The average Bonchev–Trinajstić information content (AvgIpc) is 2.82. The molecule has 2 bridgehead atoms. The molecule has 1 aliphatic carbocycles. The SMILES string of the molecule is Cc1cc(NC(=O)c2ccc3c(c2)C(C)C2CCNCC(=C3)C2)no1. The summed E-state index contributed by atoms with van der Waals surface area (Å²) in [5.41, 5.74) is 4.63. The van der Waals surface area contributed by atoms with Crippen LogP contribution in [-0.4, -0.2) is 24.2 Å². The molecule has 2 aromatic rings. The standard InChI is InChI=1S/C20H23N3O2/c1-12-7-19(23-25-12)22-20(24)17-4-3-16-9-14-8-15(5-6-21-11-14)13(2)18(16)10-17/h3-4,7,9-10,13,15,21H,5-6,8,11H2,1-2H3,(H,22,23,24). The van der Waals surface area contributed by atoms with Crippen LogP contribution in [0.25, 0.3) is 6.08 Å². The van der Waals surface area contributed by atoms with Gasteiger partial charge in [-0.05, 0) is 61.4 Å². The Hall–Kier alpha value is -2.40. The highest BCUT2D eigenvalue weighted by Crippen LogP contribution is 2.39. The number of nitrogens with zero attached hydrogens (tertiary/aromatic N) is 1. The maximum absolute atomic E-state index is 12.6. The zero-order valence-electron chi connectivity index (χ0n) is 14.6. The van der Waals surface area contributed by atoms with Crippen LogP contribution < -0.4 is 10.6 Å². The monoisotopic (exact) mass is 337 g/mol. The predicted octanol–water partition coefficient (Wildman–Crippen LogP) is 3.74. The fraction of sp³-hybridized carbons (Fsp3) is 0.400. The molecule has 1 fully saturated rings. The number of hydrogen-bond donors (Lipinski definition) is 2. The highest BCUT2D eigenvalue weighted by molar-refractivity contribution is 6.04. The number of fused-ring (bicyclic) bond motifs is 3. The smallest absolute Gasteiger partial charge is 0.256 e. The van der Waals surface area contributed by atoms with E-state index in [1.807, 2.05) is 12.1 Å². The quantitative estimate of drug-likeness (QED) is 0.876. The summed E-state index contributed by atoms with van der Waals surface area (Å²) in [6.07, 6.45) is 4.61. The Kier molecular flexibility index (Phi) is 4.17. The van der Waals surface area contributed by atoms with E-state index < -0.39 is 0 Å². The van der Waals surface area contributed by atoms with Gasteiger partial charge in [0.1, 0.15) is 5.76 Å². The highest BCUT2D eigenvalue weighted by Gasteiger charge is 2.27. The molecular weight excluding hydrogens is 314 g/mol. The molecule has 2 aliphatic rings. The fourth-order valence-electron chi connectivity index (χ4n) is 3.91. The van der Waals surface area contributed by atoms with Crippen LogP contribution >= 0.6 is 0 Å². The first-order valence-electron chi connectivity index (χ1n) is 8.89. The van der Waals surface area contributed by atoms with Crippen LogP contribution in [0, 0.1) is 12.8 Å². The summed E-state index contributed by atoms with van der Waals surface area (Å²) >= 11 is 0. The second kappa shape index (κ2) is 6.48. The van der Waals surface area contributed by atoms with Gasteiger partial charge >= 0.3 is 0 Å². The van der Waals surface area contributed by atoms with Gasteiger partial charge in [-0.25, -0.2) is 0 Å². The Bertz CT molecular complexity index is 837. The van der Waals surface area contributed by atoms with Crippen LogP contribution in [0.5, 0.6) is 0 Å². The van der Waals surface area contributed by atoms with Crippen molar-refractivity contribution in [3.8, 4) is 0 Å². The minimum atomic E-state index is -0.151. The first kappa shape index (κ1) is 16.1. The molecule has 1 saturated heterocycles. The Labute approximate surface area is 147 Å². The van der Waals surface area contributed by atoms with Crippen LogP contribution in [0.2, 0.25) is 0 Å². The normalized spacial score (nSPS) is 22.4. The Morgan fingerprint density at radius 3 is 3.04 bits per heavy atom. The summed E-state index contributed by atoms with van der Waals surface area (Å²) in [4.78, 5) is 12.6. The molecule has 5 nitrogen and oxygen atoms in total. The predicted molar refractivity (Wildman–Crippen MR) is 97.6 cm³/mol. The van der Waals surface area contributed by atoms with E-state index in [0.29, 0.717) is 29.0 Å². The van der Waals surface area contributed by atoms with Crippen molar-refractivity contribution in [2.24, 2.45) is 5.92 Å². The van der Waals surface area contributed by atoms with Crippen molar-refractivity contribution in [1.82, 2.24) is 10.5 Å². The third-order valence-corrected chi connectivity index (χ3v) is 5.34. The molecule has 0 radical (unpaired) electrons. The van der Waals surface area contributed by atoms with Gasteiger partial charge in [0.05, 0.1) is 0 Å². The molecular formula is C20H23N3O2. The van der Waals surface area contributed by atoms with Crippen molar-refractivity contribution < 1.29 is 9.32 Å². The lowest BCUT2D eigenvalue weighted by Gasteiger charge is -2.23. The van der Waals surface area contributed by atoms with E-state index in [4.69, 9.17) is 4.52 Å². The molecule has 2 unspecified atom stereocenters. The number of anilines is 1. The summed E-state index contributed by atoms with van der Waals surface area (Å²) in [7, 11) is 0. The molecule has 1 amide bonds. The van der Waals surface area contributed by atoms with Crippen molar-refractivity contribution >= 4 is 17.8 Å². The molecule has 0 saturated carbocycles. The second-order valence-electron chi connectivity index (χ2n) is 7.14. The number of nitrogens with one attached hydrogen (secondary N) is 2. The first-order chi connectivity index (χ1) is 12.1. The summed E-state index contributed by atoms with van der Waals surface area (Å²) in [5.74, 6) is 2.03. The van der Waals surface area contributed by atoms with Gasteiger partial charge in [-0.3, -0.25) is 4.79 Å². The van der Waals surface area contributed by atoms with E-state index in [1.54, 1.807) is 13.0 Å². The molecule has 1 aliphatic heterocycles. The van der Waals surface area contributed by atoms with Gasteiger partial charge in [0, 0.05) is 18.2 Å². The minimum Gasteiger partial charge on any atom is -0.360 e. The lowest BCUT2D eigenvalue weighted by atomic mass is 9.82. The van der Waals surface area contributed by atoms with Gasteiger partial charge in [0.25, 0.3) is 5.91 Å². The van der Waals surface area contributed by atoms with Crippen molar-refractivity contribution in [1.29, 1.82) is 0 Å². The number of aromatic nitrogens is 1. The number of benzene rings is 1. The van der Waals surface area contributed by atoms with Crippen LogP contribution in [0.3, 0.4) is 0 Å². The number of carbonyl (C=O) groups excluding carboxylic acids is 1. The molecule has 2 heterocycles. The van der Waals surface area contributed by atoms with Gasteiger partial charge < -0.3 is 15.2 Å². The van der Waals surface area contributed by atoms with Gasteiger partial charge in [-0.2, -0.15) is 0 Å². The minimum absolute atomic E-state index is 0.151. The number of carbonyl (C=O) groups is 1. The molecule has 2 atom stereocenters. The van der Waals surface area contributed by atoms with E-state index in [2.05, 4.69) is 34.9 Å². The summed E-state index contributed by atoms with van der Waals surface area (Å²) < 4.78 is 5.01. The van der Waals surface area contributed by atoms with Gasteiger partial charge in [0.2, 0.25) is 0 Å². The maximum atomic E-state index is 12.6.